The fourth-order valence-electron chi connectivity index (χ4n) is 4.42. The second-order valence-corrected chi connectivity index (χ2v) is 9.79. The van der Waals surface area contributed by atoms with Crippen LogP contribution in [0.5, 0.6) is 11.5 Å². The maximum absolute atomic E-state index is 6.05. The maximum atomic E-state index is 6.05. The van der Waals surface area contributed by atoms with Crippen LogP contribution in [0.25, 0.3) is 11.1 Å². The number of unbranched alkanes of at least 4 members (excludes halogenated alkanes) is 2. The van der Waals surface area contributed by atoms with Crippen LogP contribution in [-0.2, 0) is 6.61 Å². The number of halogens is 1. The fraction of sp³-hybridized carbons (Fsp3) is 0.235. The van der Waals surface area contributed by atoms with Crippen molar-refractivity contribution in [1.82, 2.24) is 0 Å². The van der Waals surface area contributed by atoms with Gasteiger partial charge in [-0.1, -0.05) is 108 Å². The van der Waals surface area contributed by atoms with Crippen LogP contribution in [0.2, 0.25) is 0 Å². The molecule has 0 aromatic heterocycles. The zero-order chi connectivity index (χ0) is 25.7. The Morgan fingerprint density at radius 1 is 0.595 bits per heavy atom. The Morgan fingerprint density at radius 2 is 1.16 bits per heavy atom. The van der Waals surface area contributed by atoms with Crippen molar-refractivity contribution in [3.05, 3.63) is 131 Å². The predicted molar refractivity (Wildman–Crippen MR) is 159 cm³/mol. The van der Waals surface area contributed by atoms with Crippen LogP contribution in [-0.4, -0.2) is 11.9 Å². The first-order valence-corrected chi connectivity index (χ1v) is 14.3. The van der Waals surface area contributed by atoms with E-state index >= 15 is 0 Å². The van der Waals surface area contributed by atoms with Gasteiger partial charge in [0.1, 0.15) is 18.1 Å². The molecule has 0 spiro atoms. The number of benzene rings is 4. The minimum Gasteiger partial charge on any atom is -0.494 e. The van der Waals surface area contributed by atoms with Crippen LogP contribution in [0.4, 0.5) is 0 Å². The van der Waals surface area contributed by atoms with Gasteiger partial charge in [0.2, 0.25) is 0 Å². The van der Waals surface area contributed by atoms with E-state index in [1.165, 1.54) is 40.7 Å². The largest absolute Gasteiger partial charge is 0.494 e. The first-order valence-electron chi connectivity index (χ1n) is 13.1. The van der Waals surface area contributed by atoms with Gasteiger partial charge in [-0.3, -0.25) is 0 Å². The Kier molecular flexibility index (Phi) is 10.4. The second-order valence-electron chi connectivity index (χ2n) is 8.99. The van der Waals surface area contributed by atoms with Crippen molar-refractivity contribution < 1.29 is 9.47 Å². The molecule has 0 saturated carbocycles. The summed E-state index contributed by atoms with van der Waals surface area (Å²) in [5, 5.41) is 1.05. The van der Waals surface area contributed by atoms with Crippen molar-refractivity contribution in [1.29, 1.82) is 0 Å². The average Bonchev–Trinajstić information content (AvgIpc) is 2.96. The second kappa shape index (κ2) is 14.4. The molecule has 2 nitrogen and oxygen atoms in total. The normalized spacial score (nSPS) is 11.6. The molecule has 0 bridgehead atoms. The van der Waals surface area contributed by atoms with E-state index in [0.29, 0.717) is 6.61 Å². The molecule has 37 heavy (non-hydrogen) atoms. The quantitative estimate of drug-likeness (QED) is 0.0929. The van der Waals surface area contributed by atoms with E-state index < -0.39 is 0 Å². The summed E-state index contributed by atoms with van der Waals surface area (Å²) in [6.45, 7) is 3.54. The third-order valence-corrected chi connectivity index (χ3v) is 6.92. The van der Waals surface area contributed by atoms with Gasteiger partial charge in [0.05, 0.1) is 6.61 Å². The Bertz CT molecular complexity index is 1230. The molecule has 0 aliphatic carbocycles. The van der Waals surface area contributed by atoms with Gasteiger partial charge in [0, 0.05) is 5.33 Å². The number of ether oxygens (including phenoxy) is 2. The monoisotopic (exact) mass is 554 g/mol. The van der Waals surface area contributed by atoms with Crippen molar-refractivity contribution in [2.75, 3.05) is 11.9 Å². The predicted octanol–water partition coefficient (Wildman–Crippen LogP) is 9.58. The van der Waals surface area contributed by atoms with E-state index in [0.717, 1.165) is 41.8 Å². The molecular formula is C34H35BrO2. The van der Waals surface area contributed by atoms with Gasteiger partial charge in [-0.15, -0.1) is 0 Å². The molecule has 4 rings (SSSR count). The van der Waals surface area contributed by atoms with E-state index in [2.05, 4.69) is 114 Å². The van der Waals surface area contributed by atoms with Crippen LogP contribution >= 0.6 is 15.9 Å². The Labute approximate surface area is 230 Å². The summed E-state index contributed by atoms with van der Waals surface area (Å²) < 4.78 is 12.0. The van der Waals surface area contributed by atoms with Crippen molar-refractivity contribution >= 4 is 27.1 Å². The first kappa shape index (κ1) is 26.8. The van der Waals surface area contributed by atoms with E-state index in [1.807, 2.05) is 18.2 Å². The van der Waals surface area contributed by atoms with Gasteiger partial charge in [0.15, 0.2) is 0 Å². The summed E-state index contributed by atoms with van der Waals surface area (Å²) in [7, 11) is 0. The molecule has 0 aliphatic rings. The highest BCUT2D eigenvalue weighted by Crippen LogP contribution is 2.35. The Balaban J connectivity index is 1.59. The van der Waals surface area contributed by atoms with E-state index in [1.54, 1.807) is 0 Å². The third-order valence-electron chi connectivity index (χ3n) is 6.36. The minimum atomic E-state index is 0.560. The highest BCUT2D eigenvalue weighted by molar-refractivity contribution is 9.09. The van der Waals surface area contributed by atoms with Crippen molar-refractivity contribution in [3.63, 3.8) is 0 Å². The molecule has 4 aromatic carbocycles. The molecule has 0 N–H and O–H groups in total. The summed E-state index contributed by atoms with van der Waals surface area (Å²) in [5.74, 6) is 1.79. The lowest BCUT2D eigenvalue weighted by molar-refractivity contribution is 0.306. The number of rotatable bonds is 13. The molecule has 3 heteroatoms. The van der Waals surface area contributed by atoms with Gasteiger partial charge < -0.3 is 9.47 Å². The highest BCUT2D eigenvalue weighted by Gasteiger charge is 2.13. The van der Waals surface area contributed by atoms with Crippen LogP contribution in [0, 0.1) is 0 Å². The van der Waals surface area contributed by atoms with Crippen LogP contribution < -0.4 is 9.47 Å². The lowest BCUT2D eigenvalue weighted by Gasteiger charge is -2.17. The molecule has 0 heterocycles. The van der Waals surface area contributed by atoms with Crippen molar-refractivity contribution in [3.8, 4) is 11.5 Å². The van der Waals surface area contributed by atoms with Crippen LogP contribution in [0.15, 0.2) is 109 Å². The molecule has 4 aromatic rings. The first-order chi connectivity index (χ1) is 18.3. The van der Waals surface area contributed by atoms with Crippen LogP contribution in [0.1, 0.15) is 54.9 Å². The Morgan fingerprint density at radius 3 is 1.73 bits per heavy atom. The third kappa shape index (κ3) is 7.84. The molecule has 0 unspecified atom stereocenters. The summed E-state index contributed by atoms with van der Waals surface area (Å²) in [6.07, 6.45) is 4.37. The summed E-state index contributed by atoms with van der Waals surface area (Å²) in [5.41, 5.74) is 7.34. The molecule has 0 aliphatic heterocycles. The fourth-order valence-corrected chi connectivity index (χ4v) is 4.82. The smallest absolute Gasteiger partial charge is 0.119 e. The lowest BCUT2D eigenvalue weighted by atomic mass is 9.88. The number of alkyl halides is 1. The maximum Gasteiger partial charge on any atom is 0.119 e. The van der Waals surface area contributed by atoms with E-state index in [-0.39, 0.29) is 0 Å². The van der Waals surface area contributed by atoms with Crippen molar-refractivity contribution in [2.45, 2.75) is 39.2 Å². The average molecular weight is 556 g/mol. The minimum absolute atomic E-state index is 0.560. The molecule has 0 fully saturated rings. The van der Waals surface area contributed by atoms with Gasteiger partial charge in [-0.2, -0.15) is 0 Å². The van der Waals surface area contributed by atoms with Crippen molar-refractivity contribution in [2.24, 2.45) is 0 Å². The van der Waals surface area contributed by atoms with Gasteiger partial charge in [-0.05, 0) is 83.3 Å². The van der Waals surface area contributed by atoms with E-state index in [4.69, 9.17) is 9.47 Å². The molecule has 0 amide bonds. The zero-order valence-corrected chi connectivity index (χ0v) is 23.1. The van der Waals surface area contributed by atoms with E-state index in [9.17, 15) is 0 Å². The topological polar surface area (TPSA) is 18.5 Å². The Hall–Kier alpha value is -3.30. The summed E-state index contributed by atoms with van der Waals surface area (Å²) in [4.78, 5) is 0. The molecule has 0 radical (unpaired) electrons. The van der Waals surface area contributed by atoms with Crippen LogP contribution in [0.3, 0.4) is 0 Å². The number of allylic oxidation sites excluding steroid dienone is 1. The van der Waals surface area contributed by atoms with Gasteiger partial charge in [-0.25, -0.2) is 0 Å². The SMILES string of the molecule is CC/C(=C(/c1ccc(OCCCCCBr)cc1)c1ccc(OCc2ccccc2)cc1)c1ccccc1. The summed E-state index contributed by atoms with van der Waals surface area (Å²) >= 11 is 3.49. The molecular weight excluding hydrogens is 520 g/mol. The molecule has 0 saturated heterocycles. The highest BCUT2D eigenvalue weighted by atomic mass is 79.9. The van der Waals surface area contributed by atoms with Gasteiger partial charge >= 0.3 is 0 Å². The van der Waals surface area contributed by atoms with Gasteiger partial charge in [0.25, 0.3) is 0 Å². The lowest BCUT2D eigenvalue weighted by Crippen LogP contribution is -1.99. The zero-order valence-electron chi connectivity index (χ0n) is 21.5. The molecule has 190 valence electrons. The number of hydrogen-bond acceptors (Lipinski definition) is 2. The summed E-state index contributed by atoms with van der Waals surface area (Å²) in [6, 6.07) is 38.0. The number of hydrogen-bond donors (Lipinski definition) is 0. The molecule has 0 atom stereocenters. The standard InChI is InChI=1S/C34H35BrO2/c1-2-33(28-14-8-4-9-15-28)34(29-16-20-31(21-17-29)36-25-11-5-10-24-35)30-18-22-32(23-19-30)37-26-27-12-6-3-7-13-27/h3-4,6-9,12-23H,2,5,10-11,24-26H2,1H3/b34-33+.